The molecule has 1 aromatic rings. The maximum Gasteiger partial charge on any atom is 0.253 e. The number of hydrogen-bond donors (Lipinski definition) is 1. The van der Waals surface area contributed by atoms with Crippen molar-refractivity contribution in [3.63, 3.8) is 0 Å². The molecule has 3 rings (SSSR count). The van der Waals surface area contributed by atoms with Gasteiger partial charge < -0.3 is 10.2 Å². The first kappa shape index (κ1) is 15.0. The van der Waals surface area contributed by atoms with Crippen LogP contribution < -0.4 is 5.32 Å². The van der Waals surface area contributed by atoms with Crippen LogP contribution in [0.5, 0.6) is 0 Å². The lowest BCUT2D eigenvalue weighted by atomic mass is 9.88. The number of rotatable bonds is 2. The van der Waals surface area contributed by atoms with Gasteiger partial charge in [0, 0.05) is 24.7 Å². The highest BCUT2D eigenvalue weighted by molar-refractivity contribution is 9.10. The number of amides is 1. The second kappa shape index (κ2) is 6.44. The fourth-order valence-electron chi connectivity index (χ4n) is 3.43. The number of carbonyl (C=O) groups excluding carboxylic acids is 1. The van der Waals surface area contributed by atoms with E-state index in [1.165, 1.54) is 18.9 Å². The predicted octanol–water partition coefficient (Wildman–Crippen LogP) is 3.19. The third-order valence-electron chi connectivity index (χ3n) is 4.66. The van der Waals surface area contributed by atoms with Crippen LogP contribution in [-0.2, 0) is 0 Å². The lowest BCUT2D eigenvalue weighted by molar-refractivity contribution is 0.0674. The van der Waals surface area contributed by atoms with Crippen LogP contribution in [0.25, 0.3) is 0 Å². The number of halogens is 2. The van der Waals surface area contributed by atoms with Gasteiger partial charge in [-0.15, -0.1) is 0 Å². The van der Waals surface area contributed by atoms with Crippen LogP contribution in [0, 0.1) is 11.7 Å². The van der Waals surface area contributed by atoms with E-state index in [0.29, 0.717) is 22.0 Å². The molecule has 0 radical (unpaired) electrons. The van der Waals surface area contributed by atoms with Crippen LogP contribution in [-0.4, -0.2) is 36.5 Å². The number of piperidine rings is 1. The summed E-state index contributed by atoms with van der Waals surface area (Å²) in [5.41, 5.74) is 0.556. The van der Waals surface area contributed by atoms with Crippen LogP contribution in [0.15, 0.2) is 22.7 Å². The first-order valence-corrected chi connectivity index (χ1v) is 8.42. The van der Waals surface area contributed by atoms with E-state index in [4.69, 9.17) is 0 Å². The van der Waals surface area contributed by atoms with Crippen molar-refractivity contribution < 1.29 is 9.18 Å². The molecule has 0 aliphatic carbocycles. The van der Waals surface area contributed by atoms with Crippen molar-refractivity contribution in [3.05, 3.63) is 34.1 Å². The summed E-state index contributed by atoms with van der Waals surface area (Å²) in [5.74, 6) is 0.364. The van der Waals surface area contributed by atoms with Crippen LogP contribution in [0.2, 0.25) is 0 Å². The van der Waals surface area contributed by atoms with Crippen molar-refractivity contribution in [2.75, 3.05) is 19.6 Å². The molecule has 1 unspecified atom stereocenters. The smallest absolute Gasteiger partial charge is 0.253 e. The first-order chi connectivity index (χ1) is 10.1. The Morgan fingerprint density at radius 1 is 1.29 bits per heavy atom. The largest absolute Gasteiger partial charge is 0.339 e. The third kappa shape index (κ3) is 3.29. The third-order valence-corrected chi connectivity index (χ3v) is 5.27. The highest BCUT2D eigenvalue weighted by Crippen LogP contribution is 2.27. The molecule has 0 saturated carbocycles. The standard InChI is InChI=1S/C16H20BrFN2O/c17-13-10-12(3-4-14(13)18)16(21)20-8-5-11(6-9-20)15-2-1-7-19-15/h3-4,10-11,15,19H,1-2,5-9H2. The van der Waals surface area contributed by atoms with E-state index in [9.17, 15) is 9.18 Å². The molecule has 5 heteroatoms. The molecular formula is C16H20BrFN2O. The van der Waals surface area contributed by atoms with E-state index < -0.39 is 0 Å². The summed E-state index contributed by atoms with van der Waals surface area (Å²) in [6.07, 6.45) is 4.66. The van der Waals surface area contributed by atoms with Crippen molar-refractivity contribution in [1.82, 2.24) is 10.2 Å². The van der Waals surface area contributed by atoms with E-state index in [-0.39, 0.29) is 11.7 Å². The highest BCUT2D eigenvalue weighted by Gasteiger charge is 2.30. The molecule has 1 atom stereocenters. The van der Waals surface area contributed by atoms with Crippen LogP contribution in [0.4, 0.5) is 4.39 Å². The van der Waals surface area contributed by atoms with Gasteiger partial charge >= 0.3 is 0 Å². The van der Waals surface area contributed by atoms with Gasteiger partial charge in [-0.25, -0.2) is 4.39 Å². The van der Waals surface area contributed by atoms with Gasteiger partial charge in [0.05, 0.1) is 4.47 Å². The summed E-state index contributed by atoms with van der Waals surface area (Å²) in [6.45, 7) is 2.74. The zero-order valence-electron chi connectivity index (χ0n) is 11.9. The number of hydrogen-bond acceptors (Lipinski definition) is 2. The number of likely N-dealkylation sites (tertiary alicyclic amines) is 1. The average Bonchev–Trinajstić information content (AvgIpc) is 3.04. The lowest BCUT2D eigenvalue weighted by Crippen LogP contribution is -2.43. The fraction of sp³-hybridized carbons (Fsp3) is 0.562. The van der Waals surface area contributed by atoms with E-state index in [0.717, 1.165) is 32.5 Å². The minimum absolute atomic E-state index is 0.00790. The van der Waals surface area contributed by atoms with E-state index >= 15 is 0 Å². The van der Waals surface area contributed by atoms with Crippen molar-refractivity contribution >= 4 is 21.8 Å². The normalized spacial score (nSPS) is 23.5. The molecule has 0 aromatic heterocycles. The molecule has 1 aromatic carbocycles. The number of benzene rings is 1. The minimum Gasteiger partial charge on any atom is -0.339 e. The van der Waals surface area contributed by atoms with Gasteiger partial charge in [0.1, 0.15) is 5.82 Å². The Kier molecular flexibility index (Phi) is 4.60. The number of nitrogens with zero attached hydrogens (tertiary/aromatic N) is 1. The second-order valence-corrected chi connectivity index (χ2v) is 6.82. The Bertz CT molecular complexity index is 523. The minimum atomic E-state index is -0.336. The lowest BCUT2D eigenvalue weighted by Gasteiger charge is -2.35. The molecule has 21 heavy (non-hydrogen) atoms. The Hall–Kier alpha value is -0.940. The molecule has 2 saturated heterocycles. The molecule has 1 N–H and O–H groups in total. The zero-order valence-corrected chi connectivity index (χ0v) is 13.5. The molecule has 1 amide bonds. The van der Waals surface area contributed by atoms with Gasteiger partial charge in [0.2, 0.25) is 0 Å². The summed E-state index contributed by atoms with van der Waals surface area (Å²) in [6, 6.07) is 5.11. The molecule has 0 bridgehead atoms. The Labute approximate surface area is 133 Å². The molecule has 114 valence electrons. The fourth-order valence-corrected chi connectivity index (χ4v) is 3.81. The van der Waals surface area contributed by atoms with Crippen LogP contribution in [0.1, 0.15) is 36.0 Å². The quantitative estimate of drug-likeness (QED) is 0.884. The summed E-state index contributed by atoms with van der Waals surface area (Å²) < 4.78 is 13.6. The second-order valence-electron chi connectivity index (χ2n) is 5.96. The molecule has 2 fully saturated rings. The van der Waals surface area contributed by atoms with Crippen molar-refractivity contribution in [1.29, 1.82) is 0 Å². The van der Waals surface area contributed by atoms with Gasteiger partial charge in [-0.1, -0.05) is 0 Å². The number of carbonyl (C=O) groups is 1. The molecule has 2 aliphatic rings. The molecule has 2 aliphatic heterocycles. The van der Waals surface area contributed by atoms with Crippen molar-refractivity contribution in [2.24, 2.45) is 5.92 Å². The van der Waals surface area contributed by atoms with E-state index in [2.05, 4.69) is 21.2 Å². The van der Waals surface area contributed by atoms with Gasteiger partial charge in [0.15, 0.2) is 0 Å². The maximum absolute atomic E-state index is 13.2. The van der Waals surface area contributed by atoms with Crippen molar-refractivity contribution in [3.8, 4) is 0 Å². The molecule has 3 nitrogen and oxygen atoms in total. The Morgan fingerprint density at radius 2 is 2.05 bits per heavy atom. The first-order valence-electron chi connectivity index (χ1n) is 7.63. The molecule has 0 spiro atoms. The SMILES string of the molecule is O=C(c1ccc(F)c(Br)c1)N1CCC(C2CCCN2)CC1. The van der Waals surface area contributed by atoms with E-state index in [1.807, 2.05) is 4.90 Å². The summed E-state index contributed by atoms with van der Waals surface area (Å²) in [7, 11) is 0. The van der Waals surface area contributed by atoms with Gasteiger partial charge in [-0.3, -0.25) is 4.79 Å². The monoisotopic (exact) mass is 354 g/mol. The zero-order chi connectivity index (χ0) is 14.8. The summed E-state index contributed by atoms with van der Waals surface area (Å²) in [5, 5.41) is 3.56. The number of nitrogens with one attached hydrogen (secondary N) is 1. The Balaban J connectivity index is 1.60. The van der Waals surface area contributed by atoms with Gasteiger partial charge in [0.25, 0.3) is 5.91 Å². The van der Waals surface area contributed by atoms with Gasteiger partial charge in [-0.2, -0.15) is 0 Å². The van der Waals surface area contributed by atoms with Crippen LogP contribution in [0.3, 0.4) is 0 Å². The highest BCUT2D eigenvalue weighted by atomic mass is 79.9. The molecule has 2 heterocycles. The summed E-state index contributed by atoms with van der Waals surface area (Å²) >= 11 is 3.14. The Morgan fingerprint density at radius 3 is 2.67 bits per heavy atom. The van der Waals surface area contributed by atoms with E-state index in [1.54, 1.807) is 12.1 Å². The molecular weight excluding hydrogens is 335 g/mol. The predicted molar refractivity (Wildman–Crippen MR) is 83.8 cm³/mol. The topological polar surface area (TPSA) is 32.3 Å². The maximum atomic E-state index is 13.2. The summed E-state index contributed by atoms with van der Waals surface area (Å²) in [4.78, 5) is 14.4. The van der Waals surface area contributed by atoms with Crippen molar-refractivity contribution in [2.45, 2.75) is 31.7 Å². The van der Waals surface area contributed by atoms with Gasteiger partial charge in [-0.05, 0) is 72.3 Å². The van der Waals surface area contributed by atoms with Crippen LogP contribution >= 0.6 is 15.9 Å². The average molecular weight is 355 g/mol.